The monoisotopic (exact) mass is 327 g/mol. The molecule has 6 heteroatoms. The van der Waals surface area contributed by atoms with Gasteiger partial charge < -0.3 is 10.4 Å². The molecule has 1 amide bonds. The third-order valence-corrected chi connectivity index (χ3v) is 4.05. The minimum atomic E-state index is -4.46. The fourth-order valence-electron chi connectivity index (χ4n) is 2.81. The van der Waals surface area contributed by atoms with E-state index in [2.05, 4.69) is 5.32 Å². The van der Waals surface area contributed by atoms with E-state index >= 15 is 0 Å². The summed E-state index contributed by atoms with van der Waals surface area (Å²) in [4.78, 5) is 12.0. The Kier molecular flexibility index (Phi) is 5.46. The smallest absolute Gasteiger partial charge is 0.393 e. The Morgan fingerprint density at radius 2 is 1.83 bits per heavy atom. The lowest BCUT2D eigenvalue weighted by Gasteiger charge is -2.25. The number of rotatable bonds is 3. The average Bonchev–Trinajstić information content (AvgIpc) is 2.48. The molecular weight excluding hydrogens is 307 g/mol. The number of halogens is 3. The number of aliphatic hydroxyl groups is 1. The first-order chi connectivity index (χ1) is 10.8. The van der Waals surface area contributed by atoms with Gasteiger partial charge in [0.2, 0.25) is 5.91 Å². The molecule has 0 radical (unpaired) electrons. The van der Waals surface area contributed by atoms with Crippen molar-refractivity contribution in [3.8, 4) is 0 Å². The second kappa shape index (κ2) is 7.17. The van der Waals surface area contributed by atoms with Crippen LogP contribution in [-0.2, 0) is 11.0 Å². The second-order valence-corrected chi connectivity index (χ2v) is 5.88. The highest BCUT2D eigenvalue weighted by molar-refractivity contribution is 5.95. The summed E-state index contributed by atoms with van der Waals surface area (Å²) in [6, 6.07) is 5.18. The molecule has 0 bridgehead atoms. The molecule has 0 aliphatic heterocycles. The molecule has 0 saturated heterocycles. The summed E-state index contributed by atoms with van der Waals surface area (Å²) < 4.78 is 39.0. The third kappa shape index (κ3) is 4.82. The van der Waals surface area contributed by atoms with Crippen LogP contribution in [0.1, 0.15) is 43.7 Å². The van der Waals surface area contributed by atoms with Gasteiger partial charge in [-0.1, -0.05) is 18.2 Å². The molecule has 1 aliphatic rings. The molecular formula is C17H20F3NO2. The number of nitrogens with one attached hydrogen (secondary N) is 1. The number of alkyl halides is 3. The van der Waals surface area contributed by atoms with E-state index in [9.17, 15) is 23.1 Å². The summed E-state index contributed by atoms with van der Waals surface area (Å²) in [6.45, 7) is 1.49. The SMILES string of the molecule is CC(=CC(=O)NC1CCC(O)CC1)c1ccccc1C(F)(F)F. The first-order valence-corrected chi connectivity index (χ1v) is 7.61. The van der Waals surface area contributed by atoms with Gasteiger partial charge in [0.15, 0.2) is 0 Å². The molecule has 3 nitrogen and oxygen atoms in total. The lowest BCUT2D eigenvalue weighted by atomic mass is 9.93. The summed E-state index contributed by atoms with van der Waals surface area (Å²) in [5.74, 6) is -0.402. The lowest BCUT2D eigenvalue weighted by Crippen LogP contribution is -2.37. The van der Waals surface area contributed by atoms with E-state index in [4.69, 9.17) is 0 Å². The van der Waals surface area contributed by atoms with Crippen LogP contribution in [0.25, 0.3) is 5.57 Å². The largest absolute Gasteiger partial charge is 0.416 e. The zero-order valence-corrected chi connectivity index (χ0v) is 12.9. The van der Waals surface area contributed by atoms with Crippen LogP contribution < -0.4 is 5.32 Å². The molecule has 1 saturated carbocycles. The zero-order chi connectivity index (χ0) is 17.0. The van der Waals surface area contributed by atoms with Crippen molar-refractivity contribution in [3.63, 3.8) is 0 Å². The number of aliphatic hydroxyl groups excluding tert-OH is 1. The number of hydrogen-bond donors (Lipinski definition) is 2. The molecule has 1 aliphatic carbocycles. The Bertz CT molecular complexity index is 588. The highest BCUT2D eigenvalue weighted by Crippen LogP contribution is 2.34. The van der Waals surface area contributed by atoms with Gasteiger partial charge in [-0.2, -0.15) is 13.2 Å². The minimum absolute atomic E-state index is 0.00853. The first-order valence-electron chi connectivity index (χ1n) is 7.61. The van der Waals surface area contributed by atoms with Gasteiger partial charge in [0.25, 0.3) is 0 Å². The van der Waals surface area contributed by atoms with E-state index in [-0.39, 0.29) is 23.3 Å². The molecule has 23 heavy (non-hydrogen) atoms. The van der Waals surface area contributed by atoms with E-state index in [0.717, 1.165) is 6.07 Å². The van der Waals surface area contributed by atoms with Crippen LogP contribution in [0.5, 0.6) is 0 Å². The van der Waals surface area contributed by atoms with Crippen LogP contribution in [0, 0.1) is 0 Å². The maximum Gasteiger partial charge on any atom is 0.416 e. The fraction of sp³-hybridized carbons (Fsp3) is 0.471. The van der Waals surface area contributed by atoms with Crippen molar-refractivity contribution in [2.45, 2.75) is 50.9 Å². The molecule has 126 valence electrons. The summed E-state index contributed by atoms with van der Waals surface area (Å²) in [5, 5.41) is 12.2. The standard InChI is InChI=1S/C17H20F3NO2/c1-11(14-4-2-3-5-15(14)17(18,19)20)10-16(23)21-12-6-8-13(22)9-7-12/h2-5,10,12-13,22H,6-9H2,1H3,(H,21,23). The number of carbonyl (C=O) groups excluding carboxylic acids is 1. The Labute approximate surface area is 133 Å². The molecule has 0 aromatic heterocycles. The van der Waals surface area contributed by atoms with Gasteiger partial charge in [0, 0.05) is 12.1 Å². The van der Waals surface area contributed by atoms with E-state index in [1.165, 1.54) is 31.2 Å². The van der Waals surface area contributed by atoms with Crippen molar-refractivity contribution in [2.75, 3.05) is 0 Å². The minimum Gasteiger partial charge on any atom is -0.393 e. The van der Waals surface area contributed by atoms with Gasteiger partial charge in [-0.15, -0.1) is 0 Å². The zero-order valence-electron chi connectivity index (χ0n) is 12.9. The number of hydrogen-bond acceptors (Lipinski definition) is 2. The number of amides is 1. The van der Waals surface area contributed by atoms with Crippen molar-refractivity contribution < 1.29 is 23.1 Å². The third-order valence-electron chi connectivity index (χ3n) is 4.05. The molecule has 1 fully saturated rings. The molecule has 0 atom stereocenters. The molecule has 0 heterocycles. The van der Waals surface area contributed by atoms with Crippen LogP contribution in [0.15, 0.2) is 30.3 Å². The Morgan fingerprint density at radius 3 is 2.43 bits per heavy atom. The van der Waals surface area contributed by atoms with Gasteiger partial charge >= 0.3 is 6.18 Å². The quantitative estimate of drug-likeness (QED) is 0.835. The number of benzene rings is 1. The summed E-state index contributed by atoms with van der Waals surface area (Å²) >= 11 is 0. The van der Waals surface area contributed by atoms with Crippen molar-refractivity contribution in [1.82, 2.24) is 5.32 Å². The van der Waals surface area contributed by atoms with Crippen LogP contribution in [0.4, 0.5) is 13.2 Å². The Hall–Kier alpha value is -1.82. The summed E-state index contributed by atoms with van der Waals surface area (Å²) in [5.41, 5.74) is -0.470. The lowest BCUT2D eigenvalue weighted by molar-refractivity contribution is -0.137. The summed E-state index contributed by atoms with van der Waals surface area (Å²) in [6.07, 6.45) is -0.955. The van der Waals surface area contributed by atoms with Crippen LogP contribution >= 0.6 is 0 Å². The van der Waals surface area contributed by atoms with E-state index in [1.54, 1.807) is 0 Å². The molecule has 0 unspecified atom stereocenters. The highest BCUT2D eigenvalue weighted by atomic mass is 19.4. The highest BCUT2D eigenvalue weighted by Gasteiger charge is 2.33. The van der Waals surface area contributed by atoms with Crippen LogP contribution in [0.2, 0.25) is 0 Å². The van der Waals surface area contributed by atoms with Gasteiger partial charge in [-0.3, -0.25) is 4.79 Å². The molecule has 2 N–H and O–H groups in total. The second-order valence-electron chi connectivity index (χ2n) is 5.88. The van der Waals surface area contributed by atoms with Crippen molar-refractivity contribution in [3.05, 3.63) is 41.5 Å². The van der Waals surface area contributed by atoms with Gasteiger partial charge in [0.05, 0.1) is 11.7 Å². The Balaban J connectivity index is 2.09. The Morgan fingerprint density at radius 1 is 1.22 bits per heavy atom. The van der Waals surface area contributed by atoms with E-state index in [1.807, 2.05) is 0 Å². The molecule has 0 spiro atoms. The first kappa shape index (κ1) is 17.5. The fourth-order valence-corrected chi connectivity index (χ4v) is 2.81. The predicted octanol–water partition coefficient (Wildman–Crippen LogP) is 3.53. The van der Waals surface area contributed by atoms with Crippen LogP contribution in [-0.4, -0.2) is 23.2 Å². The van der Waals surface area contributed by atoms with E-state index in [0.29, 0.717) is 25.7 Å². The molecule has 1 aromatic rings. The van der Waals surface area contributed by atoms with Crippen LogP contribution in [0.3, 0.4) is 0 Å². The van der Waals surface area contributed by atoms with Crippen molar-refractivity contribution in [2.24, 2.45) is 0 Å². The van der Waals surface area contributed by atoms with Crippen molar-refractivity contribution in [1.29, 1.82) is 0 Å². The maximum absolute atomic E-state index is 13.0. The van der Waals surface area contributed by atoms with Gasteiger partial charge in [-0.25, -0.2) is 0 Å². The maximum atomic E-state index is 13.0. The topological polar surface area (TPSA) is 49.3 Å². The molecule has 1 aromatic carbocycles. The number of carbonyl (C=O) groups is 1. The average molecular weight is 327 g/mol. The number of allylic oxidation sites excluding steroid dienone is 1. The van der Waals surface area contributed by atoms with Crippen molar-refractivity contribution >= 4 is 11.5 Å². The van der Waals surface area contributed by atoms with Gasteiger partial charge in [0.1, 0.15) is 0 Å². The normalized spacial score (nSPS) is 22.7. The molecule has 2 rings (SSSR count). The summed E-state index contributed by atoms with van der Waals surface area (Å²) in [7, 11) is 0. The van der Waals surface area contributed by atoms with Gasteiger partial charge in [-0.05, 0) is 49.8 Å². The predicted molar refractivity (Wildman–Crippen MR) is 81.5 cm³/mol. The van der Waals surface area contributed by atoms with E-state index < -0.39 is 17.6 Å².